The van der Waals surface area contributed by atoms with E-state index in [2.05, 4.69) is 10.3 Å². The van der Waals surface area contributed by atoms with Gasteiger partial charge in [0.15, 0.2) is 0 Å². The van der Waals surface area contributed by atoms with E-state index in [4.69, 9.17) is 0 Å². The van der Waals surface area contributed by atoms with Crippen LogP contribution in [0.3, 0.4) is 0 Å². The summed E-state index contributed by atoms with van der Waals surface area (Å²) in [6.07, 6.45) is -2.62. The molecular formula is C15H15F3N2. The highest BCUT2D eigenvalue weighted by Gasteiger charge is 2.30. The predicted molar refractivity (Wildman–Crippen MR) is 70.9 cm³/mol. The first-order chi connectivity index (χ1) is 9.47. The van der Waals surface area contributed by atoms with E-state index >= 15 is 0 Å². The van der Waals surface area contributed by atoms with Gasteiger partial charge in [-0.1, -0.05) is 18.2 Å². The Morgan fingerprint density at radius 3 is 2.60 bits per heavy atom. The molecule has 0 bridgehead atoms. The van der Waals surface area contributed by atoms with Crippen molar-refractivity contribution in [3.63, 3.8) is 0 Å². The van der Waals surface area contributed by atoms with E-state index in [1.165, 1.54) is 12.1 Å². The third-order valence-corrected chi connectivity index (χ3v) is 3.03. The van der Waals surface area contributed by atoms with E-state index in [-0.39, 0.29) is 6.04 Å². The second kappa shape index (κ2) is 6.05. The number of nitrogens with one attached hydrogen (secondary N) is 1. The highest BCUT2D eigenvalue weighted by atomic mass is 19.4. The van der Waals surface area contributed by atoms with Crippen molar-refractivity contribution in [3.8, 4) is 0 Å². The Morgan fingerprint density at radius 1 is 1.15 bits per heavy atom. The molecule has 0 spiro atoms. The lowest BCUT2D eigenvalue weighted by molar-refractivity contribution is -0.137. The van der Waals surface area contributed by atoms with Crippen molar-refractivity contribution < 1.29 is 13.2 Å². The van der Waals surface area contributed by atoms with Gasteiger partial charge in [-0.3, -0.25) is 4.98 Å². The molecule has 0 amide bonds. The zero-order chi connectivity index (χ0) is 14.6. The molecule has 2 rings (SSSR count). The Morgan fingerprint density at radius 2 is 1.95 bits per heavy atom. The fourth-order valence-corrected chi connectivity index (χ4v) is 1.86. The van der Waals surface area contributed by atoms with Gasteiger partial charge < -0.3 is 5.32 Å². The number of benzene rings is 1. The van der Waals surface area contributed by atoms with Gasteiger partial charge in [0.2, 0.25) is 0 Å². The largest absolute Gasteiger partial charge is 0.416 e. The summed E-state index contributed by atoms with van der Waals surface area (Å²) in [5, 5.41) is 3.16. The van der Waals surface area contributed by atoms with Crippen LogP contribution in [0.5, 0.6) is 0 Å². The number of hydrogen-bond acceptors (Lipinski definition) is 2. The van der Waals surface area contributed by atoms with Gasteiger partial charge in [-0.05, 0) is 36.8 Å². The molecule has 1 unspecified atom stereocenters. The Balaban J connectivity index is 2.04. The van der Waals surface area contributed by atoms with Crippen molar-refractivity contribution in [1.82, 2.24) is 10.3 Å². The number of rotatable bonds is 4. The molecule has 2 aromatic rings. The summed E-state index contributed by atoms with van der Waals surface area (Å²) in [7, 11) is 0. The normalized spacial score (nSPS) is 13.2. The quantitative estimate of drug-likeness (QED) is 0.917. The summed E-state index contributed by atoms with van der Waals surface area (Å²) >= 11 is 0. The molecule has 0 radical (unpaired) electrons. The van der Waals surface area contributed by atoms with Crippen LogP contribution < -0.4 is 5.32 Å². The molecule has 0 aliphatic rings. The maximum Gasteiger partial charge on any atom is 0.416 e. The van der Waals surface area contributed by atoms with Gasteiger partial charge >= 0.3 is 6.18 Å². The average Bonchev–Trinajstić information content (AvgIpc) is 2.45. The van der Waals surface area contributed by atoms with Crippen molar-refractivity contribution in [3.05, 3.63) is 65.5 Å². The number of pyridine rings is 1. The molecule has 0 aliphatic carbocycles. The molecular weight excluding hydrogens is 265 g/mol. The first-order valence-electron chi connectivity index (χ1n) is 6.27. The van der Waals surface area contributed by atoms with Gasteiger partial charge in [0.25, 0.3) is 0 Å². The van der Waals surface area contributed by atoms with E-state index in [0.29, 0.717) is 12.1 Å². The smallest absolute Gasteiger partial charge is 0.305 e. The van der Waals surface area contributed by atoms with Crippen LogP contribution in [0.15, 0.2) is 48.7 Å². The molecule has 1 heterocycles. The van der Waals surface area contributed by atoms with Crippen LogP contribution in [0.4, 0.5) is 13.2 Å². The average molecular weight is 280 g/mol. The summed E-state index contributed by atoms with van der Waals surface area (Å²) in [5.74, 6) is 0. The lowest BCUT2D eigenvalue weighted by Crippen LogP contribution is -2.19. The van der Waals surface area contributed by atoms with E-state index in [9.17, 15) is 13.2 Å². The van der Waals surface area contributed by atoms with Crippen LogP contribution in [0.25, 0.3) is 0 Å². The van der Waals surface area contributed by atoms with E-state index < -0.39 is 11.7 Å². The van der Waals surface area contributed by atoms with E-state index in [1.807, 2.05) is 25.1 Å². The molecule has 1 aromatic heterocycles. The van der Waals surface area contributed by atoms with Gasteiger partial charge in [0.05, 0.1) is 11.3 Å². The Hall–Kier alpha value is -1.88. The van der Waals surface area contributed by atoms with Gasteiger partial charge in [-0.25, -0.2) is 0 Å². The number of alkyl halides is 3. The summed E-state index contributed by atoms with van der Waals surface area (Å²) < 4.78 is 38.0. The highest BCUT2D eigenvalue weighted by molar-refractivity contribution is 5.27. The second-order valence-electron chi connectivity index (χ2n) is 4.55. The summed E-state index contributed by atoms with van der Waals surface area (Å²) in [6.45, 7) is 2.34. The van der Waals surface area contributed by atoms with Gasteiger partial charge in [0.1, 0.15) is 0 Å². The molecule has 106 valence electrons. The molecule has 2 nitrogen and oxygen atoms in total. The second-order valence-corrected chi connectivity index (χ2v) is 4.55. The molecule has 20 heavy (non-hydrogen) atoms. The lowest BCUT2D eigenvalue weighted by atomic mass is 10.0. The molecule has 1 atom stereocenters. The monoisotopic (exact) mass is 280 g/mol. The fourth-order valence-electron chi connectivity index (χ4n) is 1.86. The fraction of sp³-hybridized carbons (Fsp3) is 0.267. The SMILES string of the molecule is CC(NCc1ccccn1)c1cccc(C(F)(F)F)c1. The highest BCUT2D eigenvalue weighted by Crippen LogP contribution is 2.30. The standard InChI is InChI=1S/C15H15F3N2/c1-11(20-10-14-7-2-3-8-19-14)12-5-4-6-13(9-12)15(16,17)18/h2-9,11,20H,10H2,1H3. The Kier molecular flexibility index (Phi) is 4.39. The Bertz CT molecular complexity index is 553. The lowest BCUT2D eigenvalue weighted by Gasteiger charge is -2.16. The van der Waals surface area contributed by atoms with Crippen LogP contribution in [0, 0.1) is 0 Å². The van der Waals surface area contributed by atoms with E-state index in [0.717, 1.165) is 11.8 Å². The summed E-state index contributed by atoms with van der Waals surface area (Å²) in [5.41, 5.74) is 0.837. The molecule has 1 aromatic carbocycles. The third-order valence-electron chi connectivity index (χ3n) is 3.03. The molecule has 0 saturated heterocycles. The van der Waals surface area contributed by atoms with Crippen molar-refractivity contribution >= 4 is 0 Å². The van der Waals surface area contributed by atoms with Gasteiger partial charge in [-0.15, -0.1) is 0 Å². The number of halogens is 3. The first kappa shape index (κ1) is 14.5. The van der Waals surface area contributed by atoms with Gasteiger partial charge in [0, 0.05) is 18.8 Å². The van der Waals surface area contributed by atoms with Crippen LogP contribution >= 0.6 is 0 Å². The summed E-state index contributed by atoms with van der Waals surface area (Å²) in [4.78, 5) is 4.16. The van der Waals surface area contributed by atoms with Crippen molar-refractivity contribution in [2.75, 3.05) is 0 Å². The maximum absolute atomic E-state index is 12.7. The topological polar surface area (TPSA) is 24.9 Å². The van der Waals surface area contributed by atoms with Crippen LogP contribution in [0.2, 0.25) is 0 Å². The minimum absolute atomic E-state index is 0.181. The zero-order valence-corrected chi connectivity index (χ0v) is 11.0. The maximum atomic E-state index is 12.7. The molecule has 0 fully saturated rings. The minimum Gasteiger partial charge on any atom is -0.305 e. The van der Waals surface area contributed by atoms with Crippen molar-refractivity contribution in [2.45, 2.75) is 25.7 Å². The molecule has 0 aliphatic heterocycles. The van der Waals surface area contributed by atoms with Gasteiger partial charge in [-0.2, -0.15) is 13.2 Å². The molecule has 0 saturated carbocycles. The molecule has 5 heteroatoms. The first-order valence-corrected chi connectivity index (χ1v) is 6.27. The number of aromatic nitrogens is 1. The molecule has 1 N–H and O–H groups in total. The van der Waals surface area contributed by atoms with Crippen LogP contribution in [-0.2, 0) is 12.7 Å². The third kappa shape index (κ3) is 3.81. The number of hydrogen-bond donors (Lipinski definition) is 1. The van der Waals surface area contributed by atoms with Crippen molar-refractivity contribution in [1.29, 1.82) is 0 Å². The van der Waals surface area contributed by atoms with Crippen LogP contribution in [0.1, 0.15) is 29.8 Å². The van der Waals surface area contributed by atoms with Crippen LogP contribution in [-0.4, -0.2) is 4.98 Å². The minimum atomic E-state index is -4.31. The van der Waals surface area contributed by atoms with E-state index in [1.54, 1.807) is 12.3 Å². The van der Waals surface area contributed by atoms with Crippen molar-refractivity contribution in [2.24, 2.45) is 0 Å². The predicted octanol–water partition coefficient (Wildman–Crippen LogP) is 3.95. The Labute approximate surface area is 115 Å². The summed E-state index contributed by atoms with van der Waals surface area (Å²) in [6, 6.07) is 10.7. The zero-order valence-electron chi connectivity index (χ0n) is 11.0. The number of nitrogens with zero attached hydrogens (tertiary/aromatic N) is 1.